The molecule has 7 nitrogen and oxygen atoms in total. The van der Waals surface area contributed by atoms with Crippen LogP contribution in [0, 0.1) is 0 Å². The van der Waals surface area contributed by atoms with Gasteiger partial charge >= 0.3 is 12.1 Å². The van der Waals surface area contributed by atoms with E-state index < -0.39 is 42.9 Å². The van der Waals surface area contributed by atoms with Crippen LogP contribution in [0.1, 0.15) is 30.4 Å². The molecule has 0 saturated heterocycles. The highest BCUT2D eigenvalue weighted by atomic mass is 19.3. The van der Waals surface area contributed by atoms with E-state index in [-0.39, 0.29) is 12.5 Å². The van der Waals surface area contributed by atoms with Gasteiger partial charge < -0.3 is 20.5 Å². The summed E-state index contributed by atoms with van der Waals surface area (Å²) in [7, 11) is 0. The second kappa shape index (κ2) is 9.55. The number of carbonyl (C=O) groups excluding carboxylic acids is 2. The number of carboxylic acids is 1. The van der Waals surface area contributed by atoms with Gasteiger partial charge in [-0.05, 0) is 29.2 Å². The van der Waals surface area contributed by atoms with Gasteiger partial charge in [-0.15, -0.1) is 0 Å². The Balaban J connectivity index is 1.58. The Labute approximate surface area is 177 Å². The Morgan fingerprint density at radius 2 is 1.55 bits per heavy atom. The molecule has 2 amide bonds. The number of halogens is 2. The smallest absolute Gasteiger partial charge is 0.407 e. The fourth-order valence-corrected chi connectivity index (χ4v) is 3.58. The maximum atomic E-state index is 12.5. The number of aliphatic carboxylic acids is 1. The molecule has 0 radical (unpaired) electrons. The topological polar surface area (TPSA) is 105 Å². The van der Waals surface area contributed by atoms with Gasteiger partial charge in [-0.3, -0.25) is 4.79 Å². The average molecular weight is 432 g/mol. The van der Waals surface area contributed by atoms with Gasteiger partial charge in [0.05, 0.1) is 0 Å². The number of hydrogen-bond acceptors (Lipinski definition) is 4. The van der Waals surface area contributed by atoms with Crippen LogP contribution in [0.15, 0.2) is 48.5 Å². The number of alkyl halides is 2. The van der Waals surface area contributed by atoms with Gasteiger partial charge in [0.25, 0.3) is 0 Å². The standard InChI is InChI=1S/C22H22F2N2O5/c1-12(20(27)26-18(21(28)29)10-19(23)24)25-22(30)31-11-17-15-8-4-2-6-13(15)14-7-3-5-9-16(14)17/h2-9,12,17-19H,10-11H2,1H3,(H,25,30)(H,26,27)(H,28,29)/t12-,18?/m1/s1. The lowest BCUT2D eigenvalue weighted by Crippen LogP contribution is -2.51. The molecule has 164 valence electrons. The molecule has 2 aromatic carbocycles. The maximum Gasteiger partial charge on any atom is 0.407 e. The Morgan fingerprint density at radius 3 is 2.06 bits per heavy atom. The van der Waals surface area contributed by atoms with Crippen molar-refractivity contribution in [3.63, 3.8) is 0 Å². The van der Waals surface area contributed by atoms with Crippen LogP contribution in [0.4, 0.5) is 13.6 Å². The van der Waals surface area contributed by atoms with E-state index in [4.69, 9.17) is 9.84 Å². The van der Waals surface area contributed by atoms with Gasteiger partial charge in [0.1, 0.15) is 18.7 Å². The second-order valence-corrected chi connectivity index (χ2v) is 7.22. The molecule has 3 N–H and O–H groups in total. The van der Waals surface area contributed by atoms with Crippen molar-refractivity contribution >= 4 is 18.0 Å². The molecule has 2 aromatic rings. The summed E-state index contributed by atoms with van der Waals surface area (Å²) in [5.41, 5.74) is 4.19. The zero-order valence-corrected chi connectivity index (χ0v) is 16.7. The fourth-order valence-electron chi connectivity index (χ4n) is 3.58. The minimum atomic E-state index is -2.90. The summed E-state index contributed by atoms with van der Waals surface area (Å²) < 4.78 is 30.2. The van der Waals surface area contributed by atoms with Crippen LogP contribution in [0.2, 0.25) is 0 Å². The van der Waals surface area contributed by atoms with Crippen molar-refractivity contribution in [1.29, 1.82) is 0 Å². The average Bonchev–Trinajstić information content (AvgIpc) is 3.05. The van der Waals surface area contributed by atoms with E-state index in [1.54, 1.807) is 0 Å². The lowest BCUT2D eigenvalue weighted by Gasteiger charge is -2.19. The van der Waals surface area contributed by atoms with Crippen LogP contribution >= 0.6 is 0 Å². The van der Waals surface area contributed by atoms with Crippen molar-refractivity contribution < 1.29 is 33.0 Å². The lowest BCUT2D eigenvalue weighted by atomic mass is 9.98. The molecule has 0 spiro atoms. The number of nitrogens with one attached hydrogen (secondary N) is 2. The van der Waals surface area contributed by atoms with Crippen molar-refractivity contribution in [2.75, 3.05) is 6.61 Å². The number of amides is 2. The van der Waals surface area contributed by atoms with Crippen molar-refractivity contribution in [3.8, 4) is 11.1 Å². The van der Waals surface area contributed by atoms with Crippen molar-refractivity contribution in [3.05, 3.63) is 59.7 Å². The molecule has 2 atom stereocenters. The van der Waals surface area contributed by atoms with E-state index in [1.807, 2.05) is 53.8 Å². The highest BCUT2D eigenvalue weighted by Crippen LogP contribution is 2.44. The van der Waals surface area contributed by atoms with Crippen molar-refractivity contribution in [1.82, 2.24) is 10.6 Å². The summed E-state index contributed by atoms with van der Waals surface area (Å²) in [6.07, 6.45) is -4.80. The normalized spacial score (nSPS) is 14.3. The van der Waals surface area contributed by atoms with Crippen molar-refractivity contribution in [2.24, 2.45) is 0 Å². The van der Waals surface area contributed by atoms with Crippen molar-refractivity contribution in [2.45, 2.75) is 37.8 Å². The van der Waals surface area contributed by atoms with Gasteiger partial charge in [0.2, 0.25) is 12.3 Å². The first-order valence-corrected chi connectivity index (χ1v) is 9.70. The summed E-state index contributed by atoms with van der Waals surface area (Å²) >= 11 is 0. The van der Waals surface area contributed by atoms with Crippen LogP contribution in [0.25, 0.3) is 11.1 Å². The predicted octanol–water partition coefficient (Wildman–Crippen LogP) is 3.14. The van der Waals surface area contributed by atoms with Gasteiger partial charge in [0, 0.05) is 12.3 Å². The third kappa shape index (κ3) is 5.17. The molecule has 3 rings (SSSR count). The third-order valence-corrected chi connectivity index (χ3v) is 5.10. The first kappa shape index (κ1) is 22.2. The molecule has 1 aliphatic carbocycles. The monoisotopic (exact) mass is 432 g/mol. The zero-order valence-electron chi connectivity index (χ0n) is 16.7. The van der Waals surface area contributed by atoms with E-state index in [1.165, 1.54) is 6.92 Å². The molecule has 31 heavy (non-hydrogen) atoms. The zero-order chi connectivity index (χ0) is 22.5. The van der Waals surface area contributed by atoms with Crippen LogP contribution in [-0.2, 0) is 14.3 Å². The molecular weight excluding hydrogens is 410 g/mol. The first-order chi connectivity index (χ1) is 14.8. The number of carbonyl (C=O) groups is 3. The Morgan fingerprint density at radius 1 is 1.00 bits per heavy atom. The molecule has 0 aliphatic heterocycles. The van der Waals surface area contributed by atoms with Gasteiger partial charge in [-0.2, -0.15) is 0 Å². The number of carboxylic acid groups (broad SMARTS) is 1. The van der Waals surface area contributed by atoms with Gasteiger partial charge in [0.15, 0.2) is 0 Å². The molecule has 1 aliphatic rings. The number of hydrogen-bond donors (Lipinski definition) is 3. The Hall–Kier alpha value is -3.49. The second-order valence-electron chi connectivity index (χ2n) is 7.22. The molecule has 0 saturated carbocycles. The quantitative estimate of drug-likeness (QED) is 0.595. The van der Waals surface area contributed by atoms with E-state index in [0.29, 0.717) is 0 Å². The number of ether oxygens (including phenoxy) is 1. The minimum absolute atomic E-state index is 0.0390. The van der Waals surface area contributed by atoms with Gasteiger partial charge in [-0.1, -0.05) is 48.5 Å². The molecule has 9 heteroatoms. The fraction of sp³-hybridized carbons (Fsp3) is 0.318. The van der Waals surface area contributed by atoms with Crippen LogP contribution in [0.3, 0.4) is 0 Å². The molecule has 0 bridgehead atoms. The van der Waals surface area contributed by atoms with E-state index in [9.17, 15) is 23.2 Å². The van der Waals surface area contributed by atoms with Crippen LogP contribution < -0.4 is 10.6 Å². The molecular formula is C22H22F2N2O5. The molecule has 0 heterocycles. The number of benzene rings is 2. The Bertz CT molecular complexity index is 936. The summed E-state index contributed by atoms with van der Waals surface area (Å²) in [6.45, 7) is 1.34. The maximum absolute atomic E-state index is 12.5. The molecule has 1 unspecified atom stereocenters. The SMILES string of the molecule is C[C@@H](NC(=O)OCC1c2ccccc2-c2ccccc21)C(=O)NC(CC(F)F)C(=O)O. The minimum Gasteiger partial charge on any atom is -0.480 e. The van der Waals surface area contributed by atoms with Crippen LogP contribution in [0.5, 0.6) is 0 Å². The highest BCUT2D eigenvalue weighted by molar-refractivity contribution is 5.89. The number of alkyl carbamates (subject to hydrolysis) is 1. The van der Waals surface area contributed by atoms with E-state index in [0.717, 1.165) is 22.3 Å². The highest BCUT2D eigenvalue weighted by Gasteiger charge is 2.30. The summed E-state index contributed by atoms with van der Waals surface area (Å²) in [6, 6.07) is 12.7. The Kier molecular flexibility index (Phi) is 6.84. The third-order valence-electron chi connectivity index (χ3n) is 5.10. The molecule has 0 fully saturated rings. The predicted molar refractivity (Wildman–Crippen MR) is 108 cm³/mol. The van der Waals surface area contributed by atoms with E-state index >= 15 is 0 Å². The largest absolute Gasteiger partial charge is 0.480 e. The summed E-state index contributed by atoms with van der Waals surface area (Å²) in [4.78, 5) is 35.3. The van der Waals surface area contributed by atoms with E-state index in [2.05, 4.69) is 5.32 Å². The lowest BCUT2D eigenvalue weighted by molar-refractivity contribution is -0.143. The first-order valence-electron chi connectivity index (χ1n) is 9.70. The number of fused-ring (bicyclic) bond motifs is 3. The number of rotatable bonds is 8. The summed E-state index contributed by atoms with van der Waals surface area (Å²) in [5, 5.41) is 13.2. The van der Waals surface area contributed by atoms with Gasteiger partial charge in [-0.25, -0.2) is 18.4 Å². The molecule has 0 aromatic heterocycles. The van der Waals surface area contributed by atoms with Crippen LogP contribution in [-0.4, -0.2) is 48.2 Å². The summed E-state index contributed by atoms with van der Waals surface area (Å²) in [5.74, 6) is -2.65.